The minimum atomic E-state index is 0.724. The van der Waals surface area contributed by atoms with E-state index in [1.54, 1.807) is 18.9 Å². The van der Waals surface area contributed by atoms with E-state index >= 15 is 0 Å². The fourth-order valence-corrected chi connectivity index (χ4v) is 4.55. The Morgan fingerprint density at radius 2 is 1.65 bits per heavy atom. The van der Waals surface area contributed by atoms with Gasteiger partial charge in [-0.2, -0.15) is 0 Å². The number of rotatable bonds is 9. The Morgan fingerprint density at radius 1 is 0.962 bits per heavy atom. The number of nitrogens with zero attached hydrogens (tertiary/aromatic N) is 1. The average molecular weight is 370 g/mol. The van der Waals surface area contributed by atoms with Crippen LogP contribution in [0.3, 0.4) is 0 Å². The van der Waals surface area contributed by atoms with Gasteiger partial charge in [-0.3, -0.25) is 4.79 Å². The average Bonchev–Trinajstić information content (AvgIpc) is 2.68. The van der Waals surface area contributed by atoms with Crippen LogP contribution in [0.2, 0.25) is 0 Å². The van der Waals surface area contributed by atoms with Crippen LogP contribution < -0.4 is 9.64 Å². The molecule has 0 saturated carbocycles. The van der Waals surface area contributed by atoms with E-state index in [1.165, 1.54) is 54.8 Å². The van der Waals surface area contributed by atoms with Crippen molar-refractivity contribution in [2.45, 2.75) is 55.2 Å². The molecule has 1 heterocycles. The predicted octanol–water partition coefficient (Wildman–Crippen LogP) is 6.47. The number of unbranched alkanes of at least 4 members (excludes halogenated alkanes) is 5. The number of hydrogen-bond donors (Lipinski definition) is 0. The number of hydrogen-bond acceptors (Lipinski definition) is 4. The van der Waals surface area contributed by atoms with Gasteiger partial charge in [0.25, 0.3) is 0 Å². The maximum absolute atomic E-state index is 11.2. The molecule has 1 aliphatic heterocycles. The number of carbonyl (C=O) groups excluding carboxylic acids is 1. The van der Waals surface area contributed by atoms with Gasteiger partial charge in [0.1, 0.15) is 12.0 Å². The van der Waals surface area contributed by atoms with E-state index in [1.807, 2.05) is 18.2 Å². The molecule has 1 aliphatic rings. The molecule has 0 spiro atoms. The van der Waals surface area contributed by atoms with E-state index in [0.29, 0.717) is 0 Å². The molecule has 0 N–H and O–H groups in total. The fraction of sp³-hybridized carbons (Fsp3) is 0.409. The summed E-state index contributed by atoms with van der Waals surface area (Å²) in [6.07, 6.45) is 8.61. The molecule has 0 aromatic heterocycles. The lowest BCUT2D eigenvalue weighted by Gasteiger charge is -2.33. The molecule has 0 bridgehead atoms. The molecule has 0 fully saturated rings. The molecule has 3 nitrogen and oxygen atoms in total. The molecular weight excluding hydrogens is 342 g/mol. The number of anilines is 2. The molecule has 0 aliphatic carbocycles. The highest BCUT2D eigenvalue weighted by molar-refractivity contribution is 7.99. The van der Waals surface area contributed by atoms with Gasteiger partial charge in [-0.1, -0.05) is 50.8 Å². The van der Waals surface area contributed by atoms with Crippen molar-refractivity contribution >= 4 is 29.4 Å². The summed E-state index contributed by atoms with van der Waals surface area (Å²) in [4.78, 5) is 15.9. The zero-order valence-electron chi connectivity index (χ0n) is 15.7. The first kappa shape index (κ1) is 18.8. The second-order valence-corrected chi connectivity index (χ2v) is 7.78. The molecule has 0 amide bonds. The van der Waals surface area contributed by atoms with E-state index < -0.39 is 0 Å². The van der Waals surface area contributed by atoms with Crippen molar-refractivity contribution in [2.24, 2.45) is 0 Å². The zero-order valence-corrected chi connectivity index (χ0v) is 16.5. The number of carbonyl (C=O) groups is 1. The largest absolute Gasteiger partial charge is 0.497 e. The Labute approximate surface area is 160 Å². The van der Waals surface area contributed by atoms with Gasteiger partial charge in [0.05, 0.1) is 18.5 Å². The normalized spacial score (nSPS) is 12.5. The number of methoxy groups -OCH3 is 1. The van der Waals surface area contributed by atoms with Gasteiger partial charge in [0.15, 0.2) is 0 Å². The highest BCUT2D eigenvalue weighted by atomic mass is 32.2. The molecule has 2 aromatic rings. The summed E-state index contributed by atoms with van der Waals surface area (Å²) >= 11 is 1.72. The van der Waals surface area contributed by atoms with Crippen molar-refractivity contribution in [1.29, 1.82) is 0 Å². The monoisotopic (exact) mass is 369 g/mol. The van der Waals surface area contributed by atoms with Crippen LogP contribution in [-0.4, -0.2) is 19.9 Å². The van der Waals surface area contributed by atoms with Crippen molar-refractivity contribution in [3.63, 3.8) is 0 Å². The number of ether oxygens (including phenoxy) is 1. The van der Waals surface area contributed by atoms with Crippen LogP contribution >= 0.6 is 11.8 Å². The van der Waals surface area contributed by atoms with E-state index in [-0.39, 0.29) is 0 Å². The summed E-state index contributed by atoms with van der Waals surface area (Å²) in [7, 11) is 1.70. The molecule has 2 aromatic carbocycles. The summed E-state index contributed by atoms with van der Waals surface area (Å²) in [5.74, 6) is 0.866. The van der Waals surface area contributed by atoms with Gasteiger partial charge in [-0.25, -0.2) is 0 Å². The van der Waals surface area contributed by atoms with Crippen LogP contribution in [-0.2, 0) is 0 Å². The smallest absolute Gasteiger partial charge is 0.150 e. The van der Waals surface area contributed by atoms with Crippen molar-refractivity contribution in [2.75, 3.05) is 18.6 Å². The van der Waals surface area contributed by atoms with Gasteiger partial charge in [0, 0.05) is 21.9 Å². The summed E-state index contributed by atoms with van der Waals surface area (Å²) in [5, 5.41) is 0. The predicted molar refractivity (Wildman–Crippen MR) is 109 cm³/mol. The molecule has 0 unspecified atom stereocenters. The standard InChI is InChI=1S/C22H27NO2S/c1-3-4-5-6-7-8-13-23-19-11-9-17(16-24)14-21(19)26-22-15-18(25-2)10-12-20(22)23/h9-12,14-16H,3-8,13H2,1-2H3. The third-order valence-electron chi connectivity index (χ3n) is 4.82. The Hall–Kier alpha value is -1.94. The van der Waals surface area contributed by atoms with Gasteiger partial charge in [0.2, 0.25) is 0 Å². The van der Waals surface area contributed by atoms with Crippen LogP contribution in [0.15, 0.2) is 46.2 Å². The van der Waals surface area contributed by atoms with Gasteiger partial charge < -0.3 is 9.64 Å². The number of benzene rings is 2. The first-order valence-corrected chi connectivity index (χ1v) is 10.3. The van der Waals surface area contributed by atoms with Crippen molar-refractivity contribution in [3.8, 4) is 5.75 Å². The molecule has 138 valence electrons. The maximum Gasteiger partial charge on any atom is 0.150 e. The van der Waals surface area contributed by atoms with E-state index in [4.69, 9.17) is 4.74 Å². The van der Waals surface area contributed by atoms with Crippen LogP contribution in [0.1, 0.15) is 55.8 Å². The third kappa shape index (κ3) is 4.24. The fourth-order valence-electron chi connectivity index (χ4n) is 3.37. The Kier molecular flexibility index (Phi) is 6.62. The molecule has 0 radical (unpaired) electrons. The Bertz CT molecular complexity index is 760. The van der Waals surface area contributed by atoms with E-state index in [0.717, 1.165) is 29.0 Å². The molecule has 26 heavy (non-hydrogen) atoms. The zero-order chi connectivity index (χ0) is 18.4. The summed E-state index contributed by atoms with van der Waals surface area (Å²) in [6, 6.07) is 12.2. The van der Waals surface area contributed by atoms with Gasteiger partial charge in [-0.05, 0) is 42.8 Å². The molecular formula is C22H27NO2S. The van der Waals surface area contributed by atoms with Crippen LogP contribution in [0.4, 0.5) is 11.4 Å². The minimum absolute atomic E-state index is 0.724. The quantitative estimate of drug-likeness (QED) is 0.374. The van der Waals surface area contributed by atoms with Crippen molar-refractivity contribution in [3.05, 3.63) is 42.0 Å². The topological polar surface area (TPSA) is 29.5 Å². The molecule has 4 heteroatoms. The molecule has 3 rings (SSSR count). The minimum Gasteiger partial charge on any atom is -0.497 e. The summed E-state index contributed by atoms with van der Waals surface area (Å²) in [5.41, 5.74) is 3.16. The highest BCUT2D eigenvalue weighted by Gasteiger charge is 2.23. The van der Waals surface area contributed by atoms with Gasteiger partial charge >= 0.3 is 0 Å². The van der Waals surface area contributed by atoms with Crippen LogP contribution in [0.25, 0.3) is 0 Å². The second-order valence-electron chi connectivity index (χ2n) is 6.70. The second kappa shape index (κ2) is 9.13. The first-order chi connectivity index (χ1) is 12.8. The number of fused-ring (bicyclic) bond motifs is 2. The first-order valence-electron chi connectivity index (χ1n) is 9.49. The van der Waals surface area contributed by atoms with E-state index in [2.05, 4.69) is 30.0 Å². The Morgan fingerprint density at radius 3 is 2.38 bits per heavy atom. The SMILES string of the molecule is CCCCCCCCN1c2ccc(C=O)cc2Sc2cc(OC)ccc21. The van der Waals surface area contributed by atoms with Crippen molar-refractivity contribution in [1.82, 2.24) is 0 Å². The highest BCUT2D eigenvalue weighted by Crippen LogP contribution is 2.49. The van der Waals surface area contributed by atoms with E-state index in [9.17, 15) is 4.79 Å². The lowest BCUT2D eigenvalue weighted by atomic mass is 10.1. The van der Waals surface area contributed by atoms with Crippen LogP contribution in [0, 0.1) is 0 Å². The Balaban J connectivity index is 1.81. The molecule has 0 atom stereocenters. The van der Waals surface area contributed by atoms with Gasteiger partial charge in [-0.15, -0.1) is 0 Å². The third-order valence-corrected chi connectivity index (χ3v) is 5.92. The summed E-state index contributed by atoms with van der Waals surface area (Å²) in [6.45, 7) is 3.25. The molecule has 0 saturated heterocycles. The lowest BCUT2D eigenvalue weighted by Crippen LogP contribution is -2.22. The maximum atomic E-state index is 11.2. The van der Waals surface area contributed by atoms with Crippen LogP contribution in [0.5, 0.6) is 5.75 Å². The van der Waals surface area contributed by atoms with Crippen molar-refractivity contribution < 1.29 is 9.53 Å². The lowest BCUT2D eigenvalue weighted by molar-refractivity contribution is 0.112. The number of aldehydes is 1. The summed E-state index contributed by atoms with van der Waals surface area (Å²) < 4.78 is 5.40.